The molecule has 2 heteroatoms. The number of carbonyl (C=O) groups is 1. The smallest absolute Gasteiger partial charge is 0.223 e. The van der Waals surface area contributed by atoms with Gasteiger partial charge >= 0.3 is 0 Å². The summed E-state index contributed by atoms with van der Waals surface area (Å²) in [6.07, 6.45) is 3.98. The third-order valence-corrected chi connectivity index (χ3v) is 4.55. The average Bonchev–Trinajstić information content (AvgIpc) is 2.31. The first-order valence-corrected chi connectivity index (χ1v) is 6.79. The molecule has 98 valence electrons. The lowest BCUT2D eigenvalue weighted by Gasteiger charge is -2.35. The Labute approximate surface area is 110 Å². The Balaban J connectivity index is 2.12. The summed E-state index contributed by atoms with van der Waals surface area (Å²) in [5, 5.41) is 0. The van der Waals surface area contributed by atoms with Gasteiger partial charge in [-0.3, -0.25) is 4.79 Å². The summed E-state index contributed by atoms with van der Waals surface area (Å²) in [6, 6.07) is 6.68. The zero-order valence-electron chi connectivity index (χ0n) is 11.6. The molecule has 1 amide bonds. The number of nitrogens with two attached hydrogens (primary N) is 1. The van der Waals surface area contributed by atoms with Crippen molar-refractivity contribution in [3.8, 4) is 0 Å². The van der Waals surface area contributed by atoms with Crippen molar-refractivity contribution < 1.29 is 4.79 Å². The van der Waals surface area contributed by atoms with E-state index in [0.717, 1.165) is 25.7 Å². The van der Waals surface area contributed by atoms with E-state index in [-0.39, 0.29) is 11.3 Å². The lowest BCUT2D eigenvalue weighted by atomic mass is 9.69. The summed E-state index contributed by atoms with van der Waals surface area (Å²) in [5.74, 6) is 0.458. The maximum Gasteiger partial charge on any atom is 0.223 e. The molecule has 0 aromatic heterocycles. The molecule has 0 atom stereocenters. The van der Waals surface area contributed by atoms with Gasteiger partial charge in [-0.05, 0) is 56.6 Å². The van der Waals surface area contributed by atoms with Crippen LogP contribution in [0.2, 0.25) is 0 Å². The van der Waals surface area contributed by atoms with Gasteiger partial charge in [-0.25, -0.2) is 0 Å². The fraction of sp³-hybridized carbons (Fsp3) is 0.562. The standard InChI is InChI=1S/C16H23NO/c1-11-4-5-14(12(2)10-11)13-6-8-16(3,9-7-13)15(17)18/h4-5,10,13H,6-9H2,1-3H3,(H2,17,18). The van der Waals surface area contributed by atoms with E-state index in [1.807, 2.05) is 6.92 Å². The fourth-order valence-electron chi connectivity index (χ4n) is 3.10. The summed E-state index contributed by atoms with van der Waals surface area (Å²) in [7, 11) is 0. The molecule has 0 unspecified atom stereocenters. The van der Waals surface area contributed by atoms with Crippen LogP contribution < -0.4 is 5.73 Å². The van der Waals surface area contributed by atoms with Gasteiger partial charge in [0, 0.05) is 5.41 Å². The van der Waals surface area contributed by atoms with Gasteiger partial charge in [0.1, 0.15) is 0 Å². The molecule has 2 N–H and O–H groups in total. The van der Waals surface area contributed by atoms with Crippen LogP contribution >= 0.6 is 0 Å². The molecule has 1 aliphatic carbocycles. The van der Waals surface area contributed by atoms with Gasteiger partial charge in [0.2, 0.25) is 5.91 Å². The third-order valence-electron chi connectivity index (χ3n) is 4.55. The Kier molecular flexibility index (Phi) is 3.47. The minimum Gasteiger partial charge on any atom is -0.369 e. The van der Waals surface area contributed by atoms with Crippen LogP contribution in [0.25, 0.3) is 0 Å². The predicted octanol–water partition coefficient (Wildman–Crippen LogP) is 3.45. The molecule has 1 fully saturated rings. The maximum absolute atomic E-state index is 11.5. The molecule has 1 aromatic carbocycles. The molecule has 1 aliphatic rings. The van der Waals surface area contributed by atoms with Crippen molar-refractivity contribution in [1.29, 1.82) is 0 Å². The van der Waals surface area contributed by atoms with Crippen molar-refractivity contribution >= 4 is 5.91 Å². The van der Waals surface area contributed by atoms with E-state index < -0.39 is 0 Å². The van der Waals surface area contributed by atoms with E-state index in [0.29, 0.717) is 5.92 Å². The highest BCUT2D eigenvalue weighted by atomic mass is 16.1. The van der Waals surface area contributed by atoms with Gasteiger partial charge in [-0.15, -0.1) is 0 Å². The molecule has 1 saturated carbocycles. The van der Waals surface area contributed by atoms with Crippen LogP contribution in [0.1, 0.15) is 55.2 Å². The fourth-order valence-corrected chi connectivity index (χ4v) is 3.10. The van der Waals surface area contributed by atoms with Crippen molar-refractivity contribution in [1.82, 2.24) is 0 Å². The molecular weight excluding hydrogens is 222 g/mol. The maximum atomic E-state index is 11.5. The van der Waals surface area contributed by atoms with Gasteiger partial charge in [-0.1, -0.05) is 30.7 Å². The highest BCUT2D eigenvalue weighted by Gasteiger charge is 2.36. The normalized spacial score (nSPS) is 28.1. The Hall–Kier alpha value is -1.31. The highest BCUT2D eigenvalue weighted by molar-refractivity contribution is 5.80. The van der Waals surface area contributed by atoms with E-state index in [2.05, 4.69) is 32.0 Å². The van der Waals surface area contributed by atoms with E-state index in [4.69, 9.17) is 5.73 Å². The molecule has 2 nitrogen and oxygen atoms in total. The number of rotatable bonds is 2. The van der Waals surface area contributed by atoms with Crippen molar-refractivity contribution in [3.05, 3.63) is 34.9 Å². The van der Waals surface area contributed by atoms with Crippen LogP contribution in [0.15, 0.2) is 18.2 Å². The minimum atomic E-state index is -0.283. The van der Waals surface area contributed by atoms with Gasteiger partial charge in [0.15, 0.2) is 0 Å². The number of benzene rings is 1. The second kappa shape index (κ2) is 4.75. The molecule has 0 saturated heterocycles. The van der Waals surface area contributed by atoms with Gasteiger partial charge in [-0.2, -0.15) is 0 Å². The van der Waals surface area contributed by atoms with E-state index >= 15 is 0 Å². The van der Waals surface area contributed by atoms with E-state index in [1.54, 1.807) is 0 Å². The summed E-state index contributed by atoms with van der Waals surface area (Å²) in [5.41, 5.74) is 9.36. The Morgan fingerprint density at radius 2 is 1.89 bits per heavy atom. The van der Waals surface area contributed by atoms with Gasteiger partial charge < -0.3 is 5.73 Å². The number of aryl methyl sites for hydroxylation is 2. The first-order valence-electron chi connectivity index (χ1n) is 6.79. The topological polar surface area (TPSA) is 43.1 Å². The average molecular weight is 245 g/mol. The van der Waals surface area contributed by atoms with E-state index in [9.17, 15) is 4.79 Å². The summed E-state index contributed by atoms with van der Waals surface area (Å²) >= 11 is 0. The van der Waals surface area contributed by atoms with Crippen molar-refractivity contribution in [2.24, 2.45) is 11.1 Å². The van der Waals surface area contributed by atoms with Crippen LogP contribution in [0, 0.1) is 19.3 Å². The summed E-state index contributed by atoms with van der Waals surface area (Å²) in [4.78, 5) is 11.5. The first kappa shape index (κ1) is 13.1. The zero-order valence-corrected chi connectivity index (χ0v) is 11.6. The molecule has 1 aromatic rings. The Bertz CT molecular complexity index is 456. The number of carbonyl (C=O) groups excluding carboxylic acids is 1. The Morgan fingerprint density at radius 1 is 1.28 bits per heavy atom. The Morgan fingerprint density at radius 3 is 2.39 bits per heavy atom. The number of amides is 1. The molecule has 0 radical (unpaired) electrons. The molecule has 0 heterocycles. The number of primary amides is 1. The molecule has 0 bridgehead atoms. The molecule has 0 spiro atoms. The molecule has 0 aliphatic heterocycles. The van der Waals surface area contributed by atoms with Crippen LogP contribution in [0.5, 0.6) is 0 Å². The van der Waals surface area contributed by atoms with Gasteiger partial charge in [0.05, 0.1) is 0 Å². The third kappa shape index (κ3) is 2.43. The monoisotopic (exact) mass is 245 g/mol. The largest absolute Gasteiger partial charge is 0.369 e. The molecular formula is C16H23NO. The van der Waals surface area contributed by atoms with E-state index in [1.165, 1.54) is 16.7 Å². The second-order valence-corrected chi connectivity index (χ2v) is 6.06. The molecule has 18 heavy (non-hydrogen) atoms. The minimum absolute atomic E-state index is 0.137. The lowest BCUT2D eigenvalue weighted by molar-refractivity contribution is -0.128. The lowest BCUT2D eigenvalue weighted by Crippen LogP contribution is -2.37. The summed E-state index contributed by atoms with van der Waals surface area (Å²) < 4.78 is 0. The number of hydrogen-bond donors (Lipinski definition) is 1. The van der Waals surface area contributed by atoms with Crippen LogP contribution in [0.4, 0.5) is 0 Å². The summed E-state index contributed by atoms with van der Waals surface area (Å²) in [6.45, 7) is 6.32. The quantitative estimate of drug-likeness (QED) is 0.852. The first-order chi connectivity index (χ1) is 8.42. The second-order valence-electron chi connectivity index (χ2n) is 6.06. The van der Waals surface area contributed by atoms with Crippen LogP contribution in [-0.2, 0) is 4.79 Å². The van der Waals surface area contributed by atoms with Crippen molar-refractivity contribution in [3.63, 3.8) is 0 Å². The SMILES string of the molecule is Cc1ccc(C2CCC(C)(C(N)=O)CC2)c(C)c1. The number of hydrogen-bond acceptors (Lipinski definition) is 1. The van der Waals surface area contributed by atoms with Crippen molar-refractivity contribution in [2.45, 2.75) is 52.4 Å². The van der Waals surface area contributed by atoms with Gasteiger partial charge in [0.25, 0.3) is 0 Å². The van der Waals surface area contributed by atoms with Crippen LogP contribution in [-0.4, -0.2) is 5.91 Å². The molecule has 2 rings (SSSR count). The van der Waals surface area contributed by atoms with Crippen LogP contribution in [0.3, 0.4) is 0 Å². The zero-order chi connectivity index (χ0) is 13.3. The predicted molar refractivity (Wildman–Crippen MR) is 74.4 cm³/mol. The van der Waals surface area contributed by atoms with Crippen molar-refractivity contribution in [2.75, 3.05) is 0 Å². The highest BCUT2D eigenvalue weighted by Crippen LogP contribution is 2.43.